The molecule has 2 N–H and O–H groups in total. The summed E-state index contributed by atoms with van der Waals surface area (Å²) in [7, 11) is 1.77. The Morgan fingerprint density at radius 2 is 1.59 bits per heavy atom. The highest BCUT2D eigenvalue weighted by Gasteiger charge is 2.80. The number of carboxylic acids is 1. The number of benzene rings is 1. The van der Waals surface area contributed by atoms with Crippen molar-refractivity contribution >= 4 is 5.97 Å². The van der Waals surface area contributed by atoms with Crippen LogP contribution in [0.15, 0.2) is 24.3 Å². The number of carboxylic acid groups (broad SMARTS) is 1. The number of aliphatic carboxylic acids is 1. The van der Waals surface area contributed by atoms with Gasteiger partial charge in [-0.3, -0.25) is 4.79 Å². The molecule has 5 nitrogen and oxygen atoms in total. The quantitative estimate of drug-likeness (QED) is 0.287. The van der Waals surface area contributed by atoms with E-state index < -0.39 is 17.2 Å². The molecule has 5 heteroatoms. The van der Waals surface area contributed by atoms with Crippen LogP contribution in [-0.4, -0.2) is 41.8 Å². The Morgan fingerprint density at radius 1 is 0.878 bits per heavy atom. The van der Waals surface area contributed by atoms with E-state index in [0.717, 1.165) is 64.4 Å². The maximum Gasteiger partial charge on any atom is 0.309 e. The van der Waals surface area contributed by atoms with Gasteiger partial charge in [0.1, 0.15) is 0 Å². The fraction of sp³-hybridized carbons (Fsp3) is 0.841. The first-order valence-corrected chi connectivity index (χ1v) is 20.3. The molecule has 6 saturated carbocycles. The topological polar surface area (TPSA) is 76.0 Å². The molecule has 1 spiro atoms. The SMILES string of the molecule is CCC[C@@H]1[C@]23CC[C@H]4[C@@]5(C)[C@H](CC[C@@H](C[C@]1(O)O[C@H]2Cc1ccc(CCOC)cc1)[C@@H]53)C[C@@]1(C)[C@@H]2C[C@](C)(C(=O)O)CC[C@]2(C)CC[C@]41C. The van der Waals surface area contributed by atoms with E-state index in [9.17, 15) is 15.0 Å². The summed E-state index contributed by atoms with van der Waals surface area (Å²) < 4.78 is 12.5. The summed E-state index contributed by atoms with van der Waals surface area (Å²) in [6.45, 7) is 15.7. The molecule has 0 radical (unpaired) electrons. The molecule has 1 heterocycles. The number of methoxy groups -OCH3 is 1. The third-order valence-corrected chi connectivity index (χ3v) is 18.4. The molecular formula is C44H66O5. The molecule has 1 aromatic rings. The van der Waals surface area contributed by atoms with Gasteiger partial charge in [0, 0.05) is 24.9 Å². The minimum atomic E-state index is -1.01. The fourth-order valence-electron chi connectivity index (χ4n) is 16.0. The molecule has 0 unspecified atom stereocenters. The van der Waals surface area contributed by atoms with E-state index in [0.29, 0.717) is 29.6 Å². The number of carbonyl (C=O) groups is 1. The van der Waals surface area contributed by atoms with Gasteiger partial charge in [0.15, 0.2) is 5.79 Å². The van der Waals surface area contributed by atoms with Crippen molar-refractivity contribution in [1.82, 2.24) is 0 Å². The predicted molar refractivity (Wildman–Crippen MR) is 193 cm³/mol. The lowest BCUT2D eigenvalue weighted by molar-refractivity contribution is -0.311. The van der Waals surface area contributed by atoms with Crippen LogP contribution in [0.2, 0.25) is 0 Å². The summed E-state index contributed by atoms with van der Waals surface area (Å²) in [4.78, 5) is 12.7. The van der Waals surface area contributed by atoms with Gasteiger partial charge in [-0.2, -0.15) is 0 Å². The van der Waals surface area contributed by atoms with Crippen LogP contribution in [0.25, 0.3) is 0 Å². The Kier molecular flexibility index (Phi) is 7.98. The number of fused-ring (bicyclic) bond motifs is 5. The van der Waals surface area contributed by atoms with Crippen LogP contribution in [0.5, 0.6) is 0 Å². The molecule has 1 aliphatic heterocycles. The highest BCUT2D eigenvalue weighted by atomic mass is 16.6. The Hall–Kier alpha value is -1.43. The molecule has 7 aliphatic rings. The minimum absolute atomic E-state index is 0.00762. The third-order valence-electron chi connectivity index (χ3n) is 18.4. The second-order valence-electron chi connectivity index (χ2n) is 20.2. The standard InChI is InChI=1S/C44H66O5/c1-8-9-33-43-18-16-32-40(4)22-21-38(2)19-20-39(3,37(45)46)27-34(38)41(40,5)26-31-15-14-30(36(43)42(31,32)6)25-44(33,47)49-35(43)24-29-12-10-28(11-13-29)17-23-48-7/h10-13,30-36,47H,8-9,14-27H2,1-7H3,(H,45,46)/t30-,31+,32+,33+,34+,35-,36-,38+,39+,40+,41-,42+,43+,44-/m0/s1. The van der Waals surface area contributed by atoms with E-state index in [2.05, 4.69) is 65.8 Å². The average Bonchev–Trinajstić information content (AvgIpc) is 3.19. The summed E-state index contributed by atoms with van der Waals surface area (Å²) in [5, 5.41) is 23.0. The second kappa shape index (κ2) is 11.3. The van der Waals surface area contributed by atoms with E-state index >= 15 is 0 Å². The zero-order valence-corrected chi connectivity index (χ0v) is 31.8. The van der Waals surface area contributed by atoms with Crippen LogP contribution >= 0.6 is 0 Å². The van der Waals surface area contributed by atoms with Gasteiger partial charge in [0.05, 0.1) is 18.1 Å². The van der Waals surface area contributed by atoms with Crippen molar-refractivity contribution in [3.05, 3.63) is 35.4 Å². The lowest BCUT2D eigenvalue weighted by atomic mass is 9.26. The Labute approximate surface area is 296 Å². The molecule has 49 heavy (non-hydrogen) atoms. The third kappa shape index (κ3) is 4.49. The van der Waals surface area contributed by atoms with Gasteiger partial charge in [-0.15, -0.1) is 0 Å². The first kappa shape index (κ1) is 34.6. The van der Waals surface area contributed by atoms with Gasteiger partial charge in [-0.05, 0) is 153 Å². The van der Waals surface area contributed by atoms with Crippen LogP contribution in [-0.2, 0) is 27.1 Å². The molecule has 1 saturated heterocycles. The molecule has 1 aromatic carbocycles. The summed E-state index contributed by atoms with van der Waals surface area (Å²) in [6, 6.07) is 9.15. The van der Waals surface area contributed by atoms with Crippen LogP contribution in [0, 0.1) is 68.0 Å². The van der Waals surface area contributed by atoms with Crippen molar-refractivity contribution < 1.29 is 24.5 Å². The maximum absolute atomic E-state index is 12.7. The van der Waals surface area contributed by atoms with E-state index in [1.54, 1.807) is 7.11 Å². The summed E-state index contributed by atoms with van der Waals surface area (Å²) in [5.74, 6) is 1.39. The minimum Gasteiger partial charge on any atom is -0.481 e. The second-order valence-corrected chi connectivity index (χ2v) is 20.2. The van der Waals surface area contributed by atoms with E-state index in [1.165, 1.54) is 49.7 Å². The largest absolute Gasteiger partial charge is 0.481 e. The summed E-state index contributed by atoms with van der Waals surface area (Å²) in [6.07, 6.45) is 16.0. The Bertz CT molecular complexity index is 1460. The van der Waals surface area contributed by atoms with Gasteiger partial charge < -0.3 is 19.7 Å². The average molecular weight is 675 g/mol. The van der Waals surface area contributed by atoms with Crippen molar-refractivity contribution in [1.29, 1.82) is 0 Å². The van der Waals surface area contributed by atoms with Crippen molar-refractivity contribution in [2.45, 2.75) is 150 Å². The highest BCUT2D eigenvalue weighted by Crippen LogP contribution is 2.84. The molecule has 2 bridgehead atoms. The molecule has 0 amide bonds. The fourth-order valence-corrected chi connectivity index (χ4v) is 16.0. The molecule has 6 aliphatic carbocycles. The van der Waals surface area contributed by atoms with Crippen molar-refractivity contribution in [3.8, 4) is 0 Å². The van der Waals surface area contributed by atoms with Gasteiger partial charge in [0.25, 0.3) is 0 Å². The molecular weight excluding hydrogens is 608 g/mol. The van der Waals surface area contributed by atoms with Crippen LogP contribution in [0.4, 0.5) is 0 Å². The number of aliphatic hydroxyl groups is 1. The lowest BCUT2D eigenvalue weighted by Gasteiger charge is -2.78. The first-order chi connectivity index (χ1) is 23.1. The Morgan fingerprint density at radius 3 is 2.29 bits per heavy atom. The van der Waals surface area contributed by atoms with Gasteiger partial charge in [-0.25, -0.2) is 0 Å². The van der Waals surface area contributed by atoms with Crippen LogP contribution < -0.4 is 0 Å². The van der Waals surface area contributed by atoms with Gasteiger partial charge >= 0.3 is 5.97 Å². The van der Waals surface area contributed by atoms with Gasteiger partial charge in [0.2, 0.25) is 0 Å². The first-order valence-electron chi connectivity index (χ1n) is 20.3. The van der Waals surface area contributed by atoms with Gasteiger partial charge in [-0.1, -0.05) is 65.3 Å². The molecule has 8 rings (SSSR count). The lowest BCUT2D eigenvalue weighted by Crippen LogP contribution is -2.73. The maximum atomic E-state index is 12.7. The number of hydrogen-bond acceptors (Lipinski definition) is 4. The van der Waals surface area contributed by atoms with Crippen LogP contribution in [0.1, 0.15) is 136 Å². The number of ether oxygens (including phenoxy) is 2. The Balaban J connectivity index is 1.19. The number of hydrogen-bond donors (Lipinski definition) is 2. The van der Waals surface area contributed by atoms with E-state index in [1.807, 2.05) is 0 Å². The van der Waals surface area contributed by atoms with Crippen molar-refractivity contribution in [2.75, 3.05) is 13.7 Å². The summed E-state index contributed by atoms with van der Waals surface area (Å²) in [5.41, 5.74) is 2.78. The monoisotopic (exact) mass is 674 g/mol. The normalized spacial score (nSPS) is 52.5. The zero-order chi connectivity index (χ0) is 34.8. The van der Waals surface area contributed by atoms with Crippen molar-refractivity contribution in [2.24, 2.45) is 68.0 Å². The number of rotatable bonds is 8. The molecule has 14 atom stereocenters. The van der Waals surface area contributed by atoms with Crippen molar-refractivity contribution in [3.63, 3.8) is 0 Å². The highest BCUT2D eigenvalue weighted by molar-refractivity contribution is 5.74. The van der Waals surface area contributed by atoms with E-state index in [4.69, 9.17) is 9.47 Å². The summed E-state index contributed by atoms with van der Waals surface area (Å²) >= 11 is 0. The smallest absolute Gasteiger partial charge is 0.309 e. The predicted octanol–water partition coefficient (Wildman–Crippen LogP) is 9.48. The molecule has 272 valence electrons. The molecule has 0 aromatic heterocycles. The van der Waals surface area contributed by atoms with Crippen LogP contribution in [0.3, 0.4) is 0 Å². The van der Waals surface area contributed by atoms with E-state index in [-0.39, 0.29) is 39.1 Å². The molecule has 7 fully saturated rings. The zero-order valence-electron chi connectivity index (χ0n) is 31.8.